The molecule has 41 heavy (non-hydrogen) atoms. The van der Waals surface area contributed by atoms with Gasteiger partial charge in [-0.3, -0.25) is 9.59 Å². The Bertz CT molecular complexity index is 961. The van der Waals surface area contributed by atoms with E-state index in [0.29, 0.717) is 0 Å². The van der Waals surface area contributed by atoms with Gasteiger partial charge in [-0.05, 0) is 55.4 Å². The van der Waals surface area contributed by atoms with E-state index in [1.165, 1.54) is 0 Å². The van der Waals surface area contributed by atoms with Crippen molar-refractivity contribution < 1.29 is 66.4 Å². The number of ether oxygens (including phenoxy) is 12. The van der Waals surface area contributed by atoms with Crippen molar-refractivity contribution in [2.75, 3.05) is 13.2 Å². The molecule has 0 aromatic heterocycles. The highest BCUT2D eigenvalue weighted by Crippen LogP contribution is 2.45. The molecule has 0 saturated carbocycles. The highest BCUT2D eigenvalue weighted by Gasteiger charge is 2.62. The Balaban J connectivity index is 1.01. The Kier molecular flexibility index (Phi) is 7.25. The van der Waals surface area contributed by atoms with E-state index in [9.17, 15) is 9.59 Å². The van der Waals surface area contributed by atoms with Gasteiger partial charge >= 0.3 is 11.9 Å². The Morgan fingerprint density at radius 1 is 0.488 bits per heavy atom. The third-order valence-electron chi connectivity index (χ3n) is 7.61. The summed E-state index contributed by atoms with van der Waals surface area (Å²) >= 11 is 0. The molecule has 0 radical (unpaired) electrons. The van der Waals surface area contributed by atoms with Crippen LogP contribution in [0.25, 0.3) is 0 Å². The molecule has 0 aromatic carbocycles. The molecular weight excluding hydrogens is 548 g/mol. The van der Waals surface area contributed by atoms with Crippen LogP contribution in [0.4, 0.5) is 0 Å². The van der Waals surface area contributed by atoms with Gasteiger partial charge in [0.1, 0.15) is 68.5 Å². The number of carbonyl (C=O) groups is 2. The number of rotatable bonds is 6. The van der Waals surface area contributed by atoms with Crippen molar-refractivity contribution in [3.63, 3.8) is 0 Å². The molecule has 0 unspecified atom stereocenters. The van der Waals surface area contributed by atoms with E-state index < -0.39 is 103 Å². The van der Waals surface area contributed by atoms with Crippen molar-refractivity contribution >= 4 is 11.9 Å². The highest BCUT2D eigenvalue weighted by atomic mass is 16.9. The van der Waals surface area contributed by atoms with Crippen molar-refractivity contribution in [2.24, 2.45) is 0 Å². The minimum atomic E-state index is -0.884. The summed E-state index contributed by atoms with van der Waals surface area (Å²) in [5.41, 5.74) is 0. The Labute approximate surface area is 238 Å². The summed E-state index contributed by atoms with van der Waals surface area (Å²) in [6, 6.07) is 0. The lowest BCUT2D eigenvalue weighted by Gasteiger charge is -2.37. The predicted octanol–water partition coefficient (Wildman–Crippen LogP) is 1.26. The Hall–Kier alpha value is -1.46. The largest absolute Gasteiger partial charge is 0.462 e. The smallest absolute Gasteiger partial charge is 0.317 e. The zero-order chi connectivity index (χ0) is 29.5. The summed E-state index contributed by atoms with van der Waals surface area (Å²) in [5, 5.41) is 0. The molecule has 232 valence electrons. The van der Waals surface area contributed by atoms with Gasteiger partial charge in [0.05, 0.1) is 0 Å². The fourth-order valence-electron chi connectivity index (χ4n) is 6.23. The topological polar surface area (TPSA) is 145 Å². The average molecular weight is 589 g/mol. The van der Waals surface area contributed by atoms with E-state index in [-0.39, 0.29) is 13.2 Å². The second-order valence-electron chi connectivity index (χ2n) is 13.0. The highest BCUT2D eigenvalue weighted by molar-refractivity contribution is 5.91. The number of esters is 2. The van der Waals surface area contributed by atoms with E-state index in [4.69, 9.17) is 56.8 Å². The van der Waals surface area contributed by atoms with Crippen LogP contribution in [0.3, 0.4) is 0 Å². The molecule has 10 atom stereocenters. The maximum atomic E-state index is 12.6. The third kappa shape index (κ3) is 6.01. The zero-order valence-electron chi connectivity index (χ0n) is 24.6. The lowest BCUT2D eigenvalue weighted by Crippen LogP contribution is -2.56. The lowest BCUT2D eigenvalue weighted by atomic mass is 9.99. The van der Waals surface area contributed by atoms with Crippen LogP contribution < -0.4 is 0 Å². The van der Waals surface area contributed by atoms with Gasteiger partial charge in [0.2, 0.25) is 0 Å². The second-order valence-corrected chi connectivity index (χ2v) is 13.0. The van der Waals surface area contributed by atoms with E-state index in [1.54, 1.807) is 55.4 Å². The fraction of sp³-hybridized carbons (Fsp3) is 0.926. The van der Waals surface area contributed by atoms with Crippen LogP contribution in [0.1, 0.15) is 61.8 Å². The van der Waals surface area contributed by atoms with Gasteiger partial charge in [-0.1, -0.05) is 0 Å². The van der Waals surface area contributed by atoms with Crippen molar-refractivity contribution in [1.29, 1.82) is 0 Å². The monoisotopic (exact) mass is 588 g/mol. The SMILES string of the molecule is CC1(C)O[C@H]2[C@@H](O1)[C@@H](COC(=O)CC(=O)OC[C@H]1O[C@@H]3OC(C)(C)O[C@@H]3[C@H]3OC(C)(C)O[C@H]31)O[C@@H]1OC(C)(C)O[C@@H]12. The molecular formula is C27H40O14. The van der Waals surface area contributed by atoms with Crippen LogP contribution in [-0.4, -0.2) is 110 Å². The van der Waals surface area contributed by atoms with Crippen LogP contribution in [0, 0.1) is 0 Å². The molecule has 0 spiro atoms. The van der Waals surface area contributed by atoms with Crippen molar-refractivity contribution in [1.82, 2.24) is 0 Å². The van der Waals surface area contributed by atoms with Crippen LogP contribution >= 0.6 is 0 Å². The van der Waals surface area contributed by atoms with Crippen LogP contribution in [0.2, 0.25) is 0 Å². The average Bonchev–Trinajstić information content (AvgIpc) is 3.52. The molecule has 6 aliphatic heterocycles. The van der Waals surface area contributed by atoms with Gasteiger partial charge in [-0.15, -0.1) is 0 Å². The predicted molar refractivity (Wildman–Crippen MR) is 132 cm³/mol. The minimum absolute atomic E-state index is 0.175. The standard InChI is InChI=1S/C27H40O14/c1-24(2)34-16-12(32-22-20(18(16)36-24)38-26(5,6)40-22)10-30-14(28)9-15(29)31-11-13-17-19(37-25(3,4)35-17)21-23(33-13)41-27(7,8)39-21/h12-13,16-23H,9-11H2,1-8H3/t12-,13-,16+,17+,18+,19+,20-,21-,22-,23-/m1/s1. The molecule has 14 heteroatoms. The van der Waals surface area contributed by atoms with Gasteiger partial charge in [0, 0.05) is 0 Å². The second kappa shape index (κ2) is 10.0. The summed E-state index contributed by atoms with van der Waals surface area (Å²) in [4.78, 5) is 25.1. The van der Waals surface area contributed by atoms with Crippen LogP contribution in [0.5, 0.6) is 0 Å². The molecule has 6 rings (SSSR count). The molecule has 6 heterocycles. The number of fused-ring (bicyclic) bond motifs is 6. The third-order valence-corrected chi connectivity index (χ3v) is 7.61. The summed E-state index contributed by atoms with van der Waals surface area (Å²) < 4.78 is 70.7. The van der Waals surface area contributed by atoms with Gasteiger partial charge in [-0.25, -0.2) is 0 Å². The Morgan fingerprint density at radius 3 is 1.20 bits per heavy atom. The fourth-order valence-corrected chi connectivity index (χ4v) is 6.23. The van der Waals surface area contributed by atoms with Gasteiger partial charge in [-0.2, -0.15) is 0 Å². The first-order valence-electron chi connectivity index (χ1n) is 14.0. The van der Waals surface area contributed by atoms with Crippen molar-refractivity contribution in [3.05, 3.63) is 0 Å². The zero-order valence-corrected chi connectivity index (χ0v) is 24.6. The van der Waals surface area contributed by atoms with Crippen LogP contribution in [0.15, 0.2) is 0 Å². The van der Waals surface area contributed by atoms with E-state index in [0.717, 1.165) is 0 Å². The molecule has 0 aliphatic carbocycles. The normalized spacial score (nSPS) is 44.4. The molecule has 6 fully saturated rings. The van der Waals surface area contributed by atoms with Crippen molar-refractivity contribution in [3.8, 4) is 0 Å². The first-order valence-corrected chi connectivity index (χ1v) is 14.0. The molecule has 0 aromatic rings. The molecule has 0 amide bonds. The van der Waals surface area contributed by atoms with Crippen LogP contribution in [-0.2, 0) is 66.4 Å². The van der Waals surface area contributed by atoms with E-state index in [1.807, 2.05) is 0 Å². The summed E-state index contributed by atoms with van der Waals surface area (Å²) in [5.74, 6) is -5.06. The number of hydrogen-bond donors (Lipinski definition) is 0. The molecule has 6 saturated heterocycles. The minimum Gasteiger partial charge on any atom is -0.462 e. The first kappa shape index (κ1) is 29.6. The van der Waals surface area contributed by atoms with E-state index >= 15 is 0 Å². The van der Waals surface area contributed by atoms with E-state index in [2.05, 4.69) is 0 Å². The number of carbonyl (C=O) groups excluding carboxylic acids is 2. The molecule has 6 aliphatic rings. The molecule has 14 nitrogen and oxygen atoms in total. The van der Waals surface area contributed by atoms with Gasteiger partial charge in [0.15, 0.2) is 35.7 Å². The summed E-state index contributed by atoms with van der Waals surface area (Å²) in [6.07, 6.45) is -6.51. The quantitative estimate of drug-likeness (QED) is 0.324. The lowest BCUT2D eigenvalue weighted by molar-refractivity contribution is -0.243. The summed E-state index contributed by atoms with van der Waals surface area (Å²) in [6.45, 7) is 13.9. The van der Waals surface area contributed by atoms with Gasteiger partial charge in [0.25, 0.3) is 0 Å². The first-order chi connectivity index (χ1) is 19.0. The van der Waals surface area contributed by atoms with Gasteiger partial charge < -0.3 is 56.8 Å². The summed E-state index contributed by atoms with van der Waals surface area (Å²) in [7, 11) is 0. The molecule has 0 bridgehead atoms. The van der Waals surface area contributed by atoms with Crippen molar-refractivity contribution in [2.45, 2.75) is 146 Å². The maximum Gasteiger partial charge on any atom is 0.317 e. The maximum absolute atomic E-state index is 12.6. The number of hydrogen-bond acceptors (Lipinski definition) is 14. The Morgan fingerprint density at radius 2 is 0.805 bits per heavy atom. The molecule has 0 N–H and O–H groups in total.